The van der Waals surface area contributed by atoms with Crippen molar-refractivity contribution in [3.05, 3.63) is 72.6 Å². The summed E-state index contributed by atoms with van der Waals surface area (Å²) in [4.78, 5) is 7.80. The van der Waals surface area contributed by atoms with E-state index in [1.54, 1.807) is 0 Å². The van der Waals surface area contributed by atoms with Crippen molar-refractivity contribution in [3.63, 3.8) is 0 Å². The van der Waals surface area contributed by atoms with E-state index in [0.717, 1.165) is 24.2 Å². The fraction of sp³-hybridized carbons (Fsp3) is 0.105. The standard InChI is InChI=1S/C19H17N3/c1-2-8-17-16(7-1)15(13-22-17)10-12-20-18-9-3-5-14-6-4-11-21-19(14)18/h1-9,11,13,20,22H,10,12H2. The zero-order chi connectivity index (χ0) is 14.8. The second-order valence-electron chi connectivity index (χ2n) is 5.42. The zero-order valence-electron chi connectivity index (χ0n) is 12.2. The number of aromatic nitrogens is 2. The number of pyridine rings is 1. The summed E-state index contributed by atoms with van der Waals surface area (Å²) in [7, 11) is 0. The Morgan fingerprint density at radius 1 is 0.955 bits per heavy atom. The maximum atomic E-state index is 4.48. The number of rotatable bonds is 4. The zero-order valence-corrected chi connectivity index (χ0v) is 12.2. The minimum absolute atomic E-state index is 0.886. The average Bonchev–Trinajstić information content (AvgIpc) is 2.99. The SMILES string of the molecule is c1cnc2c(NCCc3c[nH]c4ccccc34)cccc2c1. The molecular formula is C19H17N3. The lowest BCUT2D eigenvalue weighted by atomic mass is 10.1. The van der Waals surface area contributed by atoms with Gasteiger partial charge in [0.05, 0.1) is 11.2 Å². The van der Waals surface area contributed by atoms with Gasteiger partial charge in [0, 0.05) is 35.2 Å². The van der Waals surface area contributed by atoms with Gasteiger partial charge < -0.3 is 10.3 Å². The van der Waals surface area contributed by atoms with E-state index in [0.29, 0.717) is 0 Å². The highest BCUT2D eigenvalue weighted by Crippen LogP contribution is 2.21. The van der Waals surface area contributed by atoms with Gasteiger partial charge in [-0.3, -0.25) is 4.98 Å². The lowest BCUT2D eigenvalue weighted by Gasteiger charge is -2.08. The van der Waals surface area contributed by atoms with Crippen molar-refractivity contribution in [2.24, 2.45) is 0 Å². The molecule has 0 saturated carbocycles. The van der Waals surface area contributed by atoms with Crippen molar-refractivity contribution < 1.29 is 0 Å². The van der Waals surface area contributed by atoms with E-state index in [9.17, 15) is 0 Å². The number of para-hydroxylation sites is 2. The summed E-state index contributed by atoms with van der Waals surface area (Å²) in [6.07, 6.45) is 4.92. The Balaban J connectivity index is 1.53. The molecule has 2 aromatic carbocycles. The fourth-order valence-electron chi connectivity index (χ4n) is 2.92. The van der Waals surface area contributed by atoms with Crippen LogP contribution in [0.5, 0.6) is 0 Å². The molecule has 22 heavy (non-hydrogen) atoms. The number of nitrogens with zero attached hydrogens (tertiary/aromatic N) is 1. The van der Waals surface area contributed by atoms with Gasteiger partial charge >= 0.3 is 0 Å². The van der Waals surface area contributed by atoms with Gasteiger partial charge in [-0.15, -0.1) is 0 Å². The molecule has 3 nitrogen and oxygen atoms in total. The molecule has 3 heteroatoms. The van der Waals surface area contributed by atoms with Crippen LogP contribution in [0.4, 0.5) is 5.69 Å². The highest BCUT2D eigenvalue weighted by Gasteiger charge is 2.04. The molecule has 0 aliphatic carbocycles. The van der Waals surface area contributed by atoms with E-state index in [1.807, 2.05) is 12.3 Å². The molecule has 0 radical (unpaired) electrons. The molecule has 2 heterocycles. The van der Waals surface area contributed by atoms with E-state index in [2.05, 4.69) is 70.0 Å². The predicted octanol–water partition coefficient (Wildman–Crippen LogP) is 4.37. The molecular weight excluding hydrogens is 270 g/mol. The largest absolute Gasteiger partial charge is 0.383 e. The molecule has 4 rings (SSSR count). The van der Waals surface area contributed by atoms with Gasteiger partial charge in [0.1, 0.15) is 0 Å². The van der Waals surface area contributed by atoms with E-state index < -0.39 is 0 Å². The number of aromatic amines is 1. The van der Waals surface area contributed by atoms with Crippen LogP contribution in [0.25, 0.3) is 21.8 Å². The summed E-state index contributed by atoms with van der Waals surface area (Å²) in [5, 5.41) is 5.99. The lowest BCUT2D eigenvalue weighted by Crippen LogP contribution is -2.05. The first-order valence-electron chi connectivity index (χ1n) is 7.54. The molecule has 0 aliphatic heterocycles. The molecule has 0 amide bonds. The quantitative estimate of drug-likeness (QED) is 0.585. The van der Waals surface area contributed by atoms with Gasteiger partial charge in [-0.1, -0.05) is 36.4 Å². The monoisotopic (exact) mass is 287 g/mol. The van der Waals surface area contributed by atoms with Gasteiger partial charge in [0.15, 0.2) is 0 Å². The van der Waals surface area contributed by atoms with Crippen molar-refractivity contribution >= 4 is 27.5 Å². The van der Waals surface area contributed by atoms with Crippen molar-refractivity contribution in [2.75, 3.05) is 11.9 Å². The number of benzene rings is 2. The number of hydrogen-bond acceptors (Lipinski definition) is 2. The Kier molecular flexibility index (Phi) is 3.24. The Morgan fingerprint density at radius 2 is 1.86 bits per heavy atom. The third-order valence-corrected chi connectivity index (χ3v) is 4.02. The highest BCUT2D eigenvalue weighted by atomic mass is 14.9. The lowest BCUT2D eigenvalue weighted by molar-refractivity contribution is 1.03. The summed E-state index contributed by atoms with van der Waals surface area (Å²) in [5.74, 6) is 0. The fourth-order valence-corrected chi connectivity index (χ4v) is 2.92. The molecule has 0 fully saturated rings. The number of anilines is 1. The smallest absolute Gasteiger partial charge is 0.0933 e. The van der Waals surface area contributed by atoms with Crippen LogP contribution < -0.4 is 5.32 Å². The van der Waals surface area contributed by atoms with Crippen LogP contribution >= 0.6 is 0 Å². The second-order valence-corrected chi connectivity index (χ2v) is 5.42. The maximum absolute atomic E-state index is 4.48. The van der Waals surface area contributed by atoms with Crippen molar-refractivity contribution in [1.29, 1.82) is 0 Å². The Bertz CT molecular complexity index is 919. The first-order valence-corrected chi connectivity index (χ1v) is 7.54. The van der Waals surface area contributed by atoms with Crippen LogP contribution in [0.3, 0.4) is 0 Å². The summed E-state index contributed by atoms with van der Waals surface area (Å²) < 4.78 is 0. The topological polar surface area (TPSA) is 40.7 Å². The Morgan fingerprint density at radius 3 is 2.86 bits per heavy atom. The second kappa shape index (κ2) is 5.53. The maximum Gasteiger partial charge on any atom is 0.0933 e. The third kappa shape index (κ3) is 2.31. The van der Waals surface area contributed by atoms with Gasteiger partial charge in [-0.2, -0.15) is 0 Å². The molecule has 0 bridgehead atoms. The van der Waals surface area contributed by atoms with Crippen LogP contribution in [0.2, 0.25) is 0 Å². The van der Waals surface area contributed by atoms with Crippen molar-refractivity contribution in [2.45, 2.75) is 6.42 Å². The first kappa shape index (κ1) is 12.9. The molecule has 2 aromatic heterocycles. The highest BCUT2D eigenvalue weighted by molar-refractivity contribution is 5.90. The van der Waals surface area contributed by atoms with Crippen molar-refractivity contribution in [1.82, 2.24) is 9.97 Å². The van der Waals surface area contributed by atoms with Crippen LogP contribution in [-0.2, 0) is 6.42 Å². The number of fused-ring (bicyclic) bond motifs is 2. The minimum atomic E-state index is 0.886. The molecule has 0 spiro atoms. The van der Waals surface area contributed by atoms with Crippen LogP contribution in [0.1, 0.15) is 5.56 Å². The van der Waals surface area contributed by atoms with E-state index in [1.165, 1.54) is 21.9 Å². The van der Waals surface area contributed by atoms with Crippen LogP contribution in [-0.4, -0.2) is 16.5 Å². The molecule has 0 aliphatic rings. The molecule has 0 saturated heterocycles. The number of hydrogen-bond donors (Lipinski definition) is 2. The molecule has 0 unspecified atom stereocenters. The van der Waals surface area contributed by atoms with Gasteiger partial charge in [0.25, 0.3) is 0 Å². The number of nitrogens with one attached hydrogen (secondary N) is 2. The average molecular weight is 287 g/mol. The summed E-state index contributed by atoms with van der Waals surface area (Å²) in [5.41, 5.74) is 4.67. The summed E-state index contributed by atoms with van der Waals surface area (Å²) in [6, 6.07) is 18.7. The Hall–Kier alpha value is -2.81. The van der Waals surface area contributed by atoms with E-state index in [-0.39, 0.29) is 0 Å². The molecule has 2 N–H and O–H groups in total. The molecule has 4 aromatic rings. The summed E-state index contributed by atoms with van der Waals surface area (Å²) in [6.45, 7) is 0.886. The van der Waals surface area contributed by atoms with Crippen LogP contribution in [0, 0.1) is 0 Å². The molecule has 0 atom stereocenters. The normalized spacial score (nSPS) is 11.1. The van der Waals surface area contributed by atoms with E-state index in [4.69, 9.17) is 0 Å². The van der Waals surface area contributed by atoms with Crippen LogP contribution in [0.15, 0.2) is 67.0 Å². The van der Waals surface area contributed by atoms with Gasteiger partial charge in [-0.05, 0) is 30.2 Å². The Labute approximate surface area is 129 Å². The molecule has 108 valence electrons. The number of H-pyrrole nitrogens is 1. The van der Waals surface area contributed by atoms with Gasteiger partial charge in [-0.25, -0.2) is 0 Å². The first-order chi connectivity index (χ1) is 10.9. The van der Waals surface area contributed by atoms with Crippen molar-refractivity contribution in [3.8, 4) is 0 Å². The van der Waals surface area contributed by atoms with Gasteiger partial charge in [0.2, 0.25) is 0 Å². The minimum Gasteiger partial charge on any atom is -0.383 e. The summed E-state index contributed by atoms with van der Waals surface area (Å²) >= 11 is 0. The van der Waals surface area contributed by atoms with E-state index >= 15 is 0 Å². The predicted molar refractivity (Wildman–Crippen MR) is 92.2 cm³/mol. The third-order valence-electron chi connectivity index (χ3n) is 4.02.